The van der Waals surface area contributed by atoms with Gasteiger partial charge < -0.3 is 10.2 Å². The Morgan fingerprint density at radius 2 is 1.66 bits per heavy atom. The van der Waals surface area contributed by atoms with Crippen LogP contribution in [0.3, 0.4) is 0 Å². The zero-order valence-electron chi connectivity index (χ0n) is 22.2. The summed E-state index contributed by atoms with van der Waals surface area (Å²) in [5, 5.41) is 6.01. The number of likely N-dealkylation sites (tertiary alicyclic amines) is 1. The normalized spacial score (nSPS) is 15.9. The molecule has 1 heterocycles. The number of benzene rings is 2. The average Bonchev–Trinajstić information content (AvgIpc) is 2.85. The third-order valence-electron chi connectivity index (χ3n) is 7.92. The summed E-state index contributed by atoms with van der Waals surface area (Å²) in [6, 6.07) is 15.4. The first-order valence-corrected chi connectivity index (χ1v) is 13.2. The summed E-state index contributed by atoms with van der Waals surface area (Å²) in [5.74, 6) is 0.620. The number of hydrogen-bond donors (Lipinski definition) is 1. The predicted molar refractivity (Wildman–Crippen MR) is 155 cm³/mol. The van der Waals surface area contributed by atoms with Gasteiger partial charge in [-0.25, -0.2) is 0 Å². The lowest BCUT2D eigenvalue weighted by Gasteiger charge is -2.41. The molecule has 2 aromatic carbocycles. The summed E-state index contributed by atoms with van der Waals surface area (Å²) in [7, 11) is 0. The predicted octanol–water partition coefficient (Wildman–Crippen LogP) is 6.20. The third kappa shape index (κ3) is 8.93. The number of nitrogens with one attached hydrogen (secondary N) is 1. The SMILES string of the molecule is CCN(CC)CC(=O)NCC(CCN1CCCCC1)(Cc1cccc2ccccc12)C(C)C.Cl.Cl. The molecule has 4 nitrogen and oxygen atoms in total. The molecule has 1 aliphatic heterocycles. The number of rotatable bonds is 12. The molecule has 0 bridgehead atoms. The Hall–Kier alpha value is -1.33. The van der Waals surface area contributed by atoms with Gasteiger partial charge in [-0.15, -0.1) is 24.8 Å². The van der Waals surface area contributed by atoms with E-state index in [1.807, 2.05) is 0 Å². The highest BCUT2D eigenvalue weighted by atomic mass is 35.5. The van der Waals surface area contributed by atoms with Crippen molar-refractivity contribution in [3.05, 3.63) is 48.0 Å². The van der Waals surface area contributed by atoms with E-state index in [0.717, 1.165) is 39.0 Å². The van der Waals surface area contributed by atoms with Gasteiger partial charge in [-0.1, -0.05) is 76.6 Å². The number of hydrogen-bond acceptors (Lipinski definition) is 3. The standard InChI is InChI=1S/C29H45N3O.2ClH/c1-5-31(6-2)22-28(33)30-23-29(24(3)4,17-20-32-18-10-7-11-19-32)21-26-15-12-14-25-13-8-9-16-27(25)26;;/h8-9,12-16,24H,5-7,10-11,17-23H2,1-4H3,(H,30,33);2*1H. The second-order valence-corrected chi connectivity index (χ2v) is 10.2. The van der Waals surface area contributed by atoms with E-state index in [1.165, 1.54) is 48.7 Å². The average molecular weight is 525 g/mol. The van der Waals surface area contributed by atoms with Gasteiger partial charge in [0, 0.05) is 6.54 Å². The van der Waals surface area contributed by atoms with Crippen LogP contribution in [-0.4, -0.2) is 61.5 Å². The summed E-state index contributed by atoms with van der Waals surface area (Å²) in [6.07, 6.45) is 6.10. The maximum atomic E-state index is 12.8. The van der Waals surface area contributed by atoms with Crippen LogP contribution in [0.25, 0.3) is 10.8 Å². The van der Waals surface area contributed by atoms with Crippen LogP contribution in [0.4, 0.5) is 0 Å². The molecule has 0 aromatic heterocycles. The Bertz CT molecular complexity index is 876. The van der Waals surface area contributed by atoms with Crippen LogP contribution in [0, 0.1) is 11.3 Å². The summed E-state index contributed by atoms with van der Waals surface area (Å²) >= 11 is 0. The maximum Gasteiger partial charge on any atom is 0.234 e. The molecule has 0 aliphatic carbocycles. The van der Waals surface area contributed by atoms with E-state index in [-0.39, 0.29) is 36.1 Å². The van der Waals surface area contributed by atoms with Crippen LogP contribution in [0.5, 0.6) is 0 Å². The molecule has 0 saturated carbocycles. The van der Waals surface area contributed by atoms with E-state index >= 15 is 0 Å². The topological polar surface area (TPSA) is 35.6 Å². The zero-order valence-corrected chi connectivity index (χ0v) is 23.9. The van der Waals surface area contributed by atoms with Crippen molar-refractivity contribution >= 4 is 41.5 Å². The zero-order chi connectivity index (χ0) is 23.7. The van der Waals surface area contributed by atoms with Gasteiger partial charge in [0.15, 0.2) is 0 Å². The van der Waals surface area contributed by atoms with Crippen molar-refractivity contribution in [3.8, 4) is 0 Å². The molecule has 35 heavy (non-hydrogen) atoms. The smallest absolute Gasteiger partial charge is 0.234 e. The fourth-order valence-electron chi connectivity index (χ4n) is 5.31. The molecular formula is C29H47Cl2N3O. The van der Waals surface area contributed by atoms with Crippen LogP contribution >= 0.6 is 24.8 Å². The molecule has 1 aliphatic rings. The number of carbonyl (C=O) groups excluding carboxylic acids is 1. The van der Waals surface area contributed by atoms with Crippen molar-refractivity contribution in [3.63, 3.8) is 0 Å². The molecule has 1 amide bonds. The summed E-state index contributed by atoms with van der Waals surface area (Å²) in [4.78, 5) is 17.7. The Kier molecular flexibility index (Phi) is 14.2. The lowest BCUT2D eigenvalue weighted by molar-refractivity contribution is -0.123. The highest BCUT2D eigenvalue weighted by molar-refractivity contribution is 5.86. The van der Waals surface area contributed by atoms with Crippen molar-refractivity contribution in [1.29, 1.82) is 0 Å². The van der Waals surface area contributed by atoms with Gasteiger partial charge in [0.05, 0.1) is 6.54 Å². The molecule has 1 saturated heterocycles. The first kappa shape index (κ1) is 31.7. The summed E-state index contributed by atoms with van der Waals surface area (Å²) in [5.41, 5.74) is 1.43. The fraction of sp³-hybridized carbons (Fsp3) is 0.621. The second-order valence-electron chi connectivity index (χ2n) is 10.2. The van der Waals surface area contributed by atoms with Crippen molar-refractivity contribution in [2.45, 2.75) is 59.8 Å². The monoisotopic (exact) mass is 523 g/mol. The minimum absolute atomic E-state index is 0. The Morgan fingerprint density at radius 3 is 2.31 bits per heavy atom. The number of fused-ring (bicyclic) bond motifs is 1. The van der Waals surface area contributed by atoms with Gasteiger partial charge in [0.25, 0.3) is 0 Å². The molecule has 0 spiro atoms. The number of amides is 1. The van der Waals surface area contributed by atoms with Gasteiger partial charge in [0.2, 0.25) is 5.91 Å². The van der Waals surface area contributed by atoms with Crippen LogP contribution in [0.2, 0.25) is 0 Å². The van der Waals surface area contributed by atoms with Crippen molar-refractivity contribution in [2.75, 3.05) is 45.8 Å². The van der Waals surface area contributed by atoms with Crippen LogP contribution in [-0.2, 0) is 11.2 Å². The minimum atomic E-state index is 0. The van der Waals surface area contributed by atoms with Gasteiger partial charge in [0.1, 0.15) is 0 Å². The first-order chi connectivity index (χ1) is 16.0. The van der Waals surface area contributed by atoms with Gasteiger partial charge in [-0.3, -0.25) is 9.69 Å². The maximum absolute atomic E-state index is 12.8. The Labute approximate surface area is 226 Å². The molecule has 1 atom stereocenters. The molecule has 1 N–H and O–H groups in total. The van der Waals surface area contributed by atoms with Crippen LogP contribution in [0.1, 0.15) is 58.9 Å². The first-order valence-electron chi connectivity index (χ1n) is 13.2. The molecular weight excluding hydrogens is 477 g/mol. The van der Waals surface area contributed by atoms with E-state index in [2.05, 4.69) is 85.3 Å². The largest absolute Gasteiger partial charge is 0.354 e. The fourth-order valence-corrected chi connectivity index (χ4v) is 5.31. The number of likely N-dealkylation sites (N-methyl/N-ethyl adjacent to an activating group) is 1. The van der Waals surface area contributed by atoms with Crippen LogP contribution < -0.4 is 5.32 Å². The van der Waals surface area contributed by atoms with Crippen molar-refractivity contribution in [1.82, 2.24) is 15.1 Å². The van der Waals surface area contributed by atoms with Gasteiger partial charge in [-0.05, 0) is 86.1 Å². The Morgan fingerprint density at radius 1 is 1.00 bits per heavy atom. The molecule has 1 fully saturated rings. The molecule has 3 rings (SSSR count). The number of piperidine rings is 1. The van der Waals surface area contributed by atoms with E-state index in [9.17, 15) is 4.79 Å². The highest BCUT2D eigenvalue weighted by Gasteiger charge is 2.35. The number of nitrogens with zero attached hydrogens (tertiary/aromatic N) is 2. The lowest BCUT2D eigenvalue weighted by Crippen LogP contribution is -2.47. The Balaban J connectivity index is 0.00000306. The minimum Gasteiger partial charge on any atom is -0.354 e. The van der Waals surface area contributed by atoms with E-state index in [1.54, 1.807) is 0 Å². The quantitative estimate of drug-likeness (QED) is 0.359. The van der Waals surface area contributed by atoms with Gasteiger partial charge >= 0.3 is 0 Å². The van der Waals surface area contributed by atoms with E-state index in [4.69, 9.17) is 0 Å². The second kappa shape index (κ2) is 15.7. The molecule has 1 unspecified atom stereocenters. The lowest BCUT2D eigenvalue weighted by atomic mass is 9.69. The van der Waals surface area contributed by atoms with Crippen LogP contribution in [0.15, 0.2) is 42.5 Å². The number of halogens is 2. The van der Waals surface area contributed by atoms with Crippen molar-refractivity contribution < 1.29 is 4.79 Å². The van der Waals surface area contributed by atoms with Gasteiger partial charge in [-0.2, -0.15) is 0 Å². The third-order valence-corrected chi connectivity index (χ3v) is 7.92. The summed E-state index contributed by atoms with van der Waals surface area (Å²) < 4.78 is 0. The van der Waals surface area contributed by atoms with E-state index < -0.39 is 0 Å². The molecule has 0 radical (unpaired) electrons. The number of carbonyl (C=O) groups is 1. The molecule has 198 valence electrons. The molecule has 2 aromatic rings. The molecule has 6 heteroatoms. The van der Waals surface area contributed by atoms with Crippen molar-refractivity contribution in [2.24, 2.45) is 11.3 Å². The highest BCUT2D eigenvalue weighted by Crippen LogP contribution is 2.37. The van der Waals surface area contributed by atoms with E-state index in [0.29, 0.717) is 12.5 Å². The summed E-state index contributed by atoms with van der Waals surface area (Å²) in [6.45, 7) is 15.5.